The first-order valence-electron chi connectivity index (χ1n) is 7.08. The quantitative estimate of drug-likeness (QED) is 0.888. The van der Waals surface area contributed by atoms with E-state index in [0.29, 0.717) is 12.0 Å². The van der Waals surface area contributed by atoms with Crippen LogP contribution in [0, 0.1) is 6.92 Å². The molecule has 5 heteroatoms. The van der Waals surface area contributed by atoms with Gasteiger partial charge in [-0.1, -0.05) is 12.1 Å². The number of aliphatic hydroxyl groups is 1. The van der Waals surface area contributed by atoms with E-state index in [1.165, 1.54) is 0 Å². The molecule has 0 bridgehead atoms. The van der Waals surface area contributed by atoms with Crippen molar-refractivity contribution >= 4 is 11.6 Å². The summed E-state index contributed by atoms with van der Waals surface area (Å²) < 4.78 is 1.83. The summed E-state index contributed by atoms with van der Waals surface area (Å²) in [5.41, 5.74) is 3.22. The minimum absolute atomic E-state index is 0.124. The van der Waals surface area contributed by atoms with Crippen molar-refractivity contribution in [2.24, 2.45) is 0 Å². The molecule has 0 aliphatic carbocycles. The fourth-order valence-electron chi connectivity index (χ4n) is 2.25. The van der Waals surface area contributed by atoms with Crippen molar-refractivity contribution in [2.75, 3.05) is 11.9 Å². The molecular weight excluding hydrogens is 266 g/mol. The van der Waals surface area contributed by atoms with Crippen molar-refractivity contribution in [1.29, 1.82) is 0 Å². The van der Waals surface area contributed by atoms with E-state index in [1.807, 2.05) is 49.7 Å². The van der Waals surface area contributed by atoms with E-state index in [-0.39, 0.29) is 18.6 Å². The summed E-state index contributed by atoms with van der Waals surface area (Å²) >= 11 is 0. The number of hydrogen-bond acceptors (Lipinski definition) is 3. The number of amides is 1. The molecule has 0 fully saturated rings. The molecule has 0 atom stereocenters. The lowest BCUT2D eigenvalue weighted by atomic mass is 10.1. The molecule has 1 heterocycles. The van der Waals surface area contributed by atoms with Crippen LogP contribution >= 0.6 is 0 Å². The minimum Gasteiger partial charge on any atom is -0.396 e. The lowest BCUT2D eigenvalue weighted by Gasteiger charge is -2.09. The molecule has 0 spiro atoms. The SMILES string of the molecule is Cc1c(C(=O)Nc2ccc(CCO)cc2)cnn1C(C)C. The van der Waals surface area contributed by atoms with Crippen molar-refractivity contribution in [3.63, 3.8) is 0 Å². The van der Waals surface area contributed by atoms with Gasteiger partial charge in [-0.3, -0.25) is 9.48 Å². The summed E-state index contributed by atoms with van der Waals surface area (Å²) in [6.07, 6.45) is 2.22. The second-order valence-electron chi connectivity index (χ2n) is 5.31. The molecule has 1 amide bonds. The van der Waals surface area contributed by atoms with Crippen molar-refractivity contribution in [2.45, 2.75) is 33.2 Å². The predicted octanol–water partition coefficient (Wildman–Crippen LogP) is 2.56. The van der Waals surface area contributed by atoms with Crippen LogP contribution in [0.4, 0.5) is 5.69 Å². The molecule has 2 N–H and O–H groups in total. The van der Waals surface area contributed by atoms with E-state index in [4.69, 9.17) is 5.11 Å². The Morgan fingerprint density at radius 1 is 1.33 bits per heavy atom. The summed E-state index contributed by atoms with van der Waals surface area (Å²) in [6, 6.07) is 7.70. The number of aromatic nitrogens is 2. The zero-order valence-electron chi connectivity index (χ0n) is 12.6. The largest absolute Gasteiger partial charge is 0.396 e. The third-order valence-corrected chi connectivity index (χ3v) is 3.39. The van der Waals surface area contributed by atoms with Gasteiger partial charge in [0.05, 0.1) is 11.8 Å². The van der Waals surface area contributed by atoms with Gasteiger partial charge in [0.25, 0.3) is 5.91 Å². The number of nitrogens with zero attached hydrogens (tertiary/aromatic N) is 2. The fourth-order valence-corrected chi connectivity index (χ4v) is 2.25. The van der Waals surface area contributed by atoms with E-state index in [0.717, 1.165) is 16.9 Å². The van der Waals surface area contributed by atoms with Gasteiger partial charge in [-0.15, -0.1) is 0 Å². The van der Waals surface area contributed by atoms with Gasteiger partial charge in [0.15, 0.2) is 0 Å². The number of aliphatic hydroxyl groups excluding tert-OH is 1. The third kappa shape index (κ3) is 3.49. The summed E-state index contributed by atoms with van der Waals surface area (Å²) in [5, 5.41) is 16.0. The standard InChI is InChI=1S/C16H21N3O2/c1-11(2)19-12(3)15(10-17-19)16(21)18-14-6-4-13(5-7-14)8-9-20/h4-7,10-11,20H,8-9H2,1-3H3,(H,18,21). The Morgan fingerprint density at radius 3 is 2.52 bits per heavy atom. The molecule has 0 radical (unpaired) electrons. The Morgan fingerprint density at radius 2 is 2.00 bits per heavy atom. The number of carbonyl (C=O) groups excluding carboxylic acids is 1. The Balaban J connectivity index is 2.11. The number of benzene rings is 1. The second kappa shape index (κ2) is 6.54. The van der Waals surface area contributed by atoms with E-state index in [1.54, 1.807) is 6.20 Å². The first-order valence-corrected chi connectivity index (χ1v) is 7.08. The fraction of sp³-hybridized carbons (Fsp3) is 0.375. The highest BCUT2D eigenvalue weighted by atomic mass is 16.3. The van der Waals surface area contributed by atoms with Crippen LogP contribution in [-0.4, -0.2) is 27.4 Å². The molecule has 0 unspecified atom stereocenters. The number of anilines is 1. The number of hydrogen-bond donors (Lipinski definition) is 2. The van der Waals surface area contributed by atoms with Crippen LogP contribution < -0.4 is 5.32 Å². The van der Waals surface area contributed by atoms with Crippen molar-refractivity contribution in [1.82, 2.24) is 9.78 Å². The number of carbonyl (C=O) groups is 1. The predicted molar refractivity (Wildman–Crippen MR) is 82.5 cm³/mol. The number of rotatable bonds is 5. The smallest absolute Gasteiger partial charge is 0.259 e. The van der Waals surface area contributed by atoms with Gasteiger partial charge in [0.1, 0.15) is 0 Å². The monoisotopic (exact) mass is 287 g/mol. The molecule has 0 aliphatic rings. The van der Waals surface area contributed by atoms with Gasteiger partial charge < -0.3 is 10.4 Å². The van der Waals surface area contributed by atoms with Crippen LogP contribution in [0.5, 0.6) is 0 Å². The topological polar surface area (TPSA) is 67.2 Å². The highest BCUT2D eigenvalue weighted by molar-refractivity contribution is 6.04. The van der Waals surface area contributed by atoms with Gasteiger partial charge in [0, 0.05) is 24.0 Å². The van der Waals surface area contributed by atoms with E-state index in [9.17, 15) is 4.79 Å². The van der Waals surface area contributed by atoms with Crippen molar-refractivity contribution in [3.05, 3.63) is 47.3 Å². The molecule has 21 heavy (non-hydrogen) atoms. The molecule has 0 saturated heterocycles. The molecule has 5 nitrogen and oxygen atoms in total. The van der Waals surface area contributed by atoms with E-state index >= 15 is 0 Å². The molecule has 1 aromatic heterocycles. The molecule has 0 saturated carbocycles. The summed E-state index contributed by atoms with van der Waals surface area (Å²) in [7, 11) is 0. The van der Waals surface area contributed by atoms with Crippen LogP contribution in [0.15, 0.2) is 30.5 Å². The highest BCUT2D eigenvalue weighted by Gasteiger charge is 2.15. The van der Waals surface area contributed by atoms with Crippen LogP contribution in [0.3, 0.4) is 0 Å². The average Bonchev–Trinajstić information content (AvgIpc) is 2.83. The van der Waals surface area contributed by atoms with Gasteiger partial charge >= 0.3 is 0 Å². The summed E-state index contributed by atoms with van der Waals surface area (Å²) in [5.74, 6) is -0.158. The van der Waals surface area contributed by atoms with Crippen LogP contribution in [0.1, 0.15) is 41.5 Å². The Kier molecular flexibility index (Phi) is 4.75. The first kappa shape index (κ1) is 15.3. The maximum atomic E-state index is 12.3. The Labute approximate surface area is 124 Å². The second-order valence-corrected chi connectivity index (χ2v) is 5.31. The lowest BCUT2D eigenvalue weighted by molar-refractivity contribution is 0.102. The van der Waals surface area contributed by atoms with E-state index < -0.39 is 0 Å². The Bertz CT molecular complexity index is 615. The highest BCUT2D eigenvalue weighted by Crippen LogP contribution is 2.16. The molecule has 1 aromatic carbocycles. The molecule has 2 aromatic rings. The zero-order valence-corrected chi connectivity index (χ0v) is 12.6. The molecular formula is C16H21N3O2. The first-order chi connectivity index (χ1) is 10.0. The maximum absolute atomic E-state index is 12.3. The summed E-state index contributed by atoms with van der Waals surface area (Å²) in [4.78, 5) is 12.3. The third-order valence-electron chi connectivity index (χ3n) is 3.39. The van der Waals surface area contributed by atoms with Gasteiger partial charge in [-0.2, -0.15) is 5.10 Å². The average molecular weight is 287 g/mol. The Hall–Kier alpha value is -2.14. The van der Waals surface area contributed by atoms with Crippen LogP contribution in [0.2, 0.25) is 0 Å². The molecule has 2 rings (SSSR count). The summed E-state index contributed by atoms with van der Waals surface area (Å²) in [6.45, 7) is 6.08. The molecule has 0 aliphatic heterocycles. The van der Waals surface area contributed by atoms with Crippen LogP contribution in [-0.2, 0) is 6.42 Å². The minimum atomic E-state index is -0.158. The maximum Gasteiger partial charge on any atom is 0.259 e. The zero-order chi connectivity index (χ0) is 15.4. The normalized spacial score (nSPS) is 10.9. The van der Waals surface area contributed by atoms with Gasteiger partial charge in [0.2, 0.25) is 0 Å². The van der Waals surface area contributed by atoms with Crippen molar-refractivity contribution < 1.29 is 9.90 Å². The number of nitrogens with one attached hydrogen (secondary N) is 1. The van der Waals surface area contributed by atoms with E-state index in [2.05, 4.69) is 10.4 Å². The van der Waals surface area contributed by atoms with Crippen molar-refractivity contribution in [3.8, 4) is 0 Å². The van der Waals surface area contributed by atoms with Crippen LogP contribution in [0.25, 0.3) is 0 Å². The molecule has 112 valence electrons. The lowest BCUT2D eigenvalue weighted by Crippen LogP contribution is -2.14. The van der Waals surface area contributed by atoms with Gasteiger partial charge in [-0.05, 0) is 44.9 Å². The van der Waals surface area contributed by atoms with Gasteiger partial charge in [-0.25, -0.2) is 0 Å².